The second kappa shape index (κ2) is 8.93. The zero-order chi connectivity index (χ0) is 14.9. The molecule has 1 fully saturated rings. The van der Waals surface area contributed by atoms with Gasteiger partial charge < -0.3 is 14.8 Å². The van der Waals surface area contributed by atoms with Gasteiger partial charge in [-0.3, -0.25) is 0 Å². The average molecular weight is 291 g/mol. The van der Waals surface area contributed by atoms with Crippen LogP contribution < -0.4 is 14.8 Å². The van der Waals surface area contributed by atoms with Gasteiger partial charge in [-0.15, -0.1) is 0 Å². The van der Waals surface area contributed by atoms with Gasteiger partial charge in [-0.2, -0.15) is 0 Å². The summed E-state index contributed by atoms with van der Waals surface area (Å²) in [5, 5.41) is 3.42. The summed E-state index contributed by atoms with van der Waals surface area (Å²) in [7, 11) is 1.72. The molecule has 1 N–H and O–H groups in total. The highest BCUT2D eigenvalue weighted by Gasteiger charge is 2.16. The minimum atomic E-state index is 0.352. The van der Waals surface area contributed by atoms with Crippen molar-refractivity contribution in [1.82, 2.24) is 5.32 Å². The second-order valence-corrected chi connectivity index (χ2v) is 5.89. The van der Waals surface area contributed by atoms with Gasteiger partial charge in [0.2, 0.25) is 0 Å². The van der Waals surface area contributed by atoms with Crippen LogP contribution in [0.5, 0.6) is 11.5 Å². The third-order valence-corrected chi connectivity index (χ3v) is 4.08. The third kappa shape index (κ3) is 5.24. The monoisotopic (exact) mass is 291 g/mol. The van der Waals surface area contributed by atoms with Crippen molar-refractivity contribution >= 4 is 0 Å². The van der Waals surface area contributed by atoms with E-state index in [1.165, 1.54) is 44.1 Å². The third-order valence-electron chi connectivity index (χ3n) is 4.08. The van der Waals surface area contributed by atoms with Crippen molar-refractivity contribution < 1.29 is 9.47 Å². The summed E-state index contributed by atoms with van der Waals surface area (Å²) in [6.45, 7) is 4.10. The predicted molar refractivity (Wildman–Crippen MR) is 87.1 cm³/mol. The molecule has 1 aliphatic carbocycles. The summed E-state index contributed by atoms with van der Waals surface area (Å²) in [6, 6.07) is 6.29. The van der Waals surface area contributed by atoms with Crippen molar-refractivity contribution in [2.24, 2.45) is 0 Å². The SMILES string of the molecule is CCCNCc1ccc(OC2CCCCCC2)c(OC)c1. The van der Waals surface area contributed by atoms with Crippen LogP contribution in [0, 0.1) is 0 Å². The lowest BCUT2D eigenvalue weighted by atomic mass is 10.1. The van der Waals surface area contributed by atoms with Crippen LogP contribution in [0.25, 0.3) is 0 Å². The highest BCUT2D eigenvalue weighted by atomic mass is 16.5. The van der Waals surface area contributed by atoms with Crippen molar-refractivity contribution in [2.75, 3.05) is 13.7 Å². The Bertz CT molecular complexity index is 412. The fraction of sp³-hybridized carbons (Fsp3) is 0.667. The molecule has 1 aliphatic rings. The molecule has 0 amide bonds. The van der Waals surface area contributed by atoms with Crippen LogP contribution in [-0.2, 0) is 6.54 Å². The maximum Gasteiger partial charge on any atom is 0.161 e. The van der Waals surface area contributed by atoms with Gasteiger partial charge in [0, 0.05) is 6.54 Å². The topological polar surface area (TPSA) is 30.5 Å². The highest BCUT2D eigenvalue weighted by Crippen LogP contribution is 2.31. The molecule has 3 nitrogen and oxygen atoms in total. The maximum absolute atomic E-state index is 6.19. The quantitative estimate of drug-likeness (QED) is 0.600. The van der Waals surface area contributed by atoms with Gasteiger partial charge in [0.25, 0.3) is 0 Å². The van der Waals surface area contributed by atoms with Crippen molar-refractivity contribution in [1.29, 1.82) is 0 Å². The molecule has 0 unspecified atom stereocenters. The minimum absolute atomic E-state index is 0.352. The molecular weight excluding hydrogens is 262 g/mol. The molecule has 0 radical (unpaired) electrons. The van der Waals surface area contributed by atoms with Crippen LogP contribution in [0.4, 0.5) is 0 Å². The molecule has 1 aromatic rings. The van der Waals surface area contributed by atoms with E-state index in [9.17, 15) is 0 Å². The Morgan fingerprint density at radius 3 is 2.52 bits per heavy atom. The molecule has 0 spiro atoms. The molecule has 0 aliphatic heterocycles. The number of nitrogens with one attached hydrogen (secondary N) is 1. The molecule has 0 heterocycles. The fourth-order valence-electron chi connectivity index (χ4n) is 2.87. The first-order valence-electron chi connectivity index (χ1n) is 8.37. The van der Waals surface area contributed by atoms with E-state index in [0.717, 1.165) is 31.0 Å². The number of benzene rings is 1. The van der Waals surface area contributed by atoms with Crippen LogP contribution in [0.1, 0.15) is 57.4 Å². The number of hydrogen-bond donors (Lipinski definition) is 1. The maximum atomic E-state index is 6.19. The lowest BCUT2D eigenvalue weighted by Gasteiger charge is -2.19. The van der Waals surface area contributed by atoms with Gasteiger partial charge in [-0.05, 0) is 56.3 Å². The summed E-state index contributed by atoms with van der Waals surface area (Å²) >= 11 is 0. The van der Waals surface area contributed by atoms with Gasteiger partial charge in [0.05, 0.1) is 13.2 Å². The van der Waals surface area contributed by atoms with E-state index in [1.807, 2.05) is 0 Å². The Kier molecular flexibility index (Phi) is 6.87. The normalized spacial score (nSPS) is 16.5. The Morgan fingerprint density at radius 2 is 1.86 bits per heavy atom. The van der Waals surface area contributed by atoms with Gasteiger partial charge >= 0.3 is 0 Å². The van der Waals surface area contributed by atoms with Gasteiger partial charge in [-0.1, -0.05) is 25.8 Å². The van der Waals surface area contributed by atoms with E-state index in [1.54, 1.807) is 7.11 Å². The average Bonchev–Trinajstić information content (AvgIpc) is 2.77. The van der Waals surface area contributed by atoms with Crippen molar-refractivity contribution in [3.05, 3.63) is 23.8 Å². The van der Waals surface area contributed by atoms with Gasteiger partial charge in [-0.25, -0.2) is 0 Å². The smallest absolute Gasteiger partial charge is 0.161 e. The molecular formula is C18H29NO2. The van der Waals surface area contributed by atoms with E-state index in [2.05, 4.69) is 30.4 Å². The highest BCUT2D eigenvalue weighted by molar-refractivity contribution is 5.43. The minimum Gasteiger partial charge on any atom is -0.493 e. The van der Waals surface area contributed by atoms with Crippen LogP contribution in [0.3, 0.4) is 0 Å². The molecule has 3 heteroatoms. The van der Waals surface area contributed by atoms with E-state index < -0.39 is 0 Å². The zero-order valence-electron chi connectivity index (χ0n) is 13.5. The first-order chi connectivity index (χ1) is 10.3. The van der Waals surface area contributed by atoms with E-state index >= 15 is 0 Å². The number of ether oxygens (including phenoxy) is 2. The summed E-state index contributed by atoms with van der Waals surface area (Å²) in [4.78, 5) is 0. The van der Waals surface area contributed by atoms with Crippen LogP contribution in [-0.4, -0.2) is 19.8 Å². The summed E-state index contributed by atoms with van der Waals surface area (Å²) in [6.07, 6.45) is 9.10. The first-order valence-corrected chi connectivity index (χ1v) is 8.37. The molecule has 0 atom stereocenters. The number of methoxy groups -OCH3 is 1. The first kappa shape index (κ1) is 16.2. The van der Waals surface area contributed by atoms with Crippen molar-refractivity contribution in [2.45, 2.75) is 64.5 Å². The molecule has 0 bridgehead atoms. The molecule has 1 aromatic carbocycles. The lowest BCUT2D eigenvalue weighted by molar-refractivity contribution is 0.176. The van der Waals surface area contributed by atoms with E-state index in [4.69, 9.17) is 9.47 Å². The Hall–Kier alpha value is -1.22. The van der Waals surface area contributed by atoms with Crippen LogP contribution >= 0.6 is 0 Å². The van der Waals surface area contributed by atoms with E-state index in [-0.39, 0.29) is 0 Å². The predicted octanol–water partition coefficient (Wildman–Crippen LogP) is 4.30. The summed E-state index contributed by atoms with van der Waals surface area (Å²) < 4.78 is 11.7. The number of rotatable bonds is 7. The standard InChI is InChI=1S/C18H29NO2/c1-3-12-19-14-15-10-11-17(18(13-15)20-2)21-16-8-6-4-5-7-9-16/h10-11,13,16,19H,3-9,12,14H2,1-2H3. The Balaban J connectivity index is 1.97. The van der Waals surface area contributed by atoms with Gasteiger partial charge in [0.1, 0.15) is 0 Å². The summed E-state index contributed by atoms with van der Waals surface area (Å²) in [5.41, 5.74) is 1.24. The molecule has 1 saturated carbocycles. The van der Waals surface area contributed by atoms with Crippen molar-refractivity contribution in [3.63, 3.8) is 0 Å². The van der Waals surface area contributed by atoms with E-state index in [0.29, 0.717) is 6.10 Å². The largest absolute Gasteiger partial charge is 0.493 e. The molecule has 2 rings (SSSR count). The Morgan fingerprint density at radius 1 is 1.10 bits per heavy atom. The molecule has 0 aromatic heterocycles. The van der Waals surface area contributed by atoms with Crippen LogP contribution in [0.2, 0.25) is 0 Å². The molecule has 21 heavy (non-hydrogen) atoms. The fourth-order valence-corrected chi connectivity index (χ4v) is 2.87. The lowest BCUT2D eigenvalue weighted by Crippen LogP contribution is -2.16. The number of hydrogen-bond acceptors (Lipinski definition) is 3. The summed E-state index contributed by atoms with van der Waals surface area (Å²) in [5.74, 6) is 1.75. The second-order valence-electron chi connectivity index (χ2n) is 5.89. The zero-order valence-corrected chi connectivity index (χ0v) is 13.5. The van der Waals surface area contributed by atoms with Gasteiger partial charge in [0.15, 0.2) is 11.5 Å². The van der Waals surface area contributed by atoms with Crippen molar-refractivity contribution in [3.8, 4) is 11.5 Å². The Labute approximate surface area is 129 Å². The molecule has 118 valence electrons. The molecule has 0 saturated heterocycles. The van der Waals surface area contributed by atoms with Crippen LogP contribution in [0.15, 0.2) is 18.2 Å².